The van der Waals surface area contributed by atoms with Crippen LogP contribution in [0.5, 0.6) is 5.75 Å². The molecule has 9 heteroatoms. The second-order valence-electron chi connectivity index (χ2n) is 7.72. The van der Waals surface area contributed by atoms with Crippen LogP contribution in [0.25, 0.3) is 0 Å². The maximum atomic E-state index is 12.8. The molecule has 8 nitrogen and oxygen atoms in total. The van der Waals surface area contributed by atoms with Gasteiger partial charge in [-0.1, -0.05) is 23.8 Å². The van der Waals surface area contributed by atoms with Gasteiger partial charge in [0.1, 0.15) is 11.8 Å². The summed E-state index contributed by atoms with van der Waals surface area (Å²) in [5.74, 6) is -2.34. The summed E-state index contributed by atoms with van der Waals surface area (Å²) in [6.45, 7) is 0.862. The molecule has 1 aromatic carbocycles. The number of allylic oxidation sites excluding steroid dienone is 2. The van der Waals surface area contributed by atoms with Crippen LogP contribution < -0.4 is 10.1 Å². The lowest BCUT2D eigenvalue weighted by Crippen LogP contribution is -2.45. The molecule has 1 aromatic rings. The first-order chi connectivity index (χ1) is 14.3. The third kappa shape index (κ3) is 3.35. The number of nitrogens with one attached hydrogen (secondary N) is 1. The molecule has 1 saturated carbocycles. The van der Waals surface area contributed by atoms with Crippen LogP contribution in [0.15, 0.2) is 30.4 Å². The van der Waals surface area contributed by atoms with E-state index >= 15 is 0 Å². The van der Waals surface area contributed by atoms with E-state index in [1.165, 1.54) is 20.1 Å². The van der Waals surface area contributed by atoms with E-state index in [0.717, 1.165) is 11.3 Å². The fourth-order valence-corrected chi connectivity index (χ4v) is 4.81. The quantitative estimate of drug-likeness (QED) is 0.419. The molecule has 158 valence electrons. The number of fused-ring (bicyclic) bond motifs is 5. The Labute approximate surface area is 178 Å². The summed E-state index contributed by atoms with van der Waals surface area (Å²) in [6, 6.07) is 3.61. The number of nitrogens with zero attached hydrogens (tertiary/aromatic N) is 1. The van der Waals surface area contributed by atoms with Crippen molar-refractivity contribution in [3.05, 3.63) is 35.4 Å². The van der Waals surface area contributed by atoms with E-state index in [-0.39, 0.29) is 35.5 Å². The number of carbonyl (C=O) groups is 4. The van der Waals surface area contributed by atoms with Gasteiger partial charge in [-0.15, -0.1) is 0 Å². The Kier molecular flexibility index (Phi) is 5.27. The van der Waals surface area contributed by atoms with Gasteiger partial charge in [-0.05, 0) is 43.4 Å². The number of rotatable bonds is 6. The molecule has 1 aliphatic heterocycles. The maximum absolute atomic E-state index is 12.8. The fraction of sp³-hybridized carbons (Fsp3) is 0.429. The number of carbonyl (C=O) groups excluding carboxylic acids is 4. The van der Waals surface area contributed by atoms with Gasteiger partial charge in [-0.3, -0.25) is 19.3 Å². The highest BCUT2D eigenvalue weighted by atomic mass is 35.5. The van der Waals surface area contributed by atoms with Crippen molar-refractivity contribution in [1.82, 2.24) is 4.90 Å². The van der Waals surface area contributed by atoms with Crippen molar-refractivity contribution in [2.75, 3.05) is 19.0 Å². The van der Waals surface area contributed by atoms with Crippen molar-refractivity contribution in [3.63, 3.8) is 0 Å². The predicted octanol–water partition coefficient (Wildman–Crippen LogP) is 2.03. The van der Waals surface area contributed by atoms with Gasteiger partial charge in [-0.2, -0.15) is 0 Å². The Bertz CT molecular complexity index is 931. The standard InChI is InChI=1S/C21H21ClN2O6/c1-10(24-19(26)17-11-3-4-12(7-11)18(17)20(24)27)21(28)30-9-16(25)23-14-8-13(22)5-6-15(14)29-2/h3-6,8,10-12,17-18H,7,9H2,1-2H3,(H,23,25)/t10-,11-,12-,17-,18-/m0/s1. The van der Waals surface area contributed by atoms with Crippen LogP contribution in [-0.2, 0) is 23.9 Å². The van der Waals surface area contributed by atoms with Crippen LogP contribution in [0, 0.1) is 23.7 Å². The molecular weight excluding hydrogens is 412 g/mol. The lowest BCUT2D eigenvalue weighted by molar-refractivity contribution is -0.159. The zero-order chi connectivity index (χ0) is 21.6. The van der Waals surface area contributed by atoms with Crippen molar-refractivity contribution in [1.29, 1.82) is 0 Å². The number of anilines is 1. The Morgan fingerprint density at radius 1 is 1.20 bits per heavy atom. The van der Waals surface area contributed by atoms with Crippen LogP contribution in [0.3, 0.4) is 0 Å². The van der Waals surface area contributed by atoms with E-state index in [4.69, 9.17) is 21.1 Å². The van der Waals surface area contributed by atoms with Crippen molar-refractivity contribution in [3.8, 4) is 5.75 Å². The maximum Gasteiger partial charge on any atom is 0.329 e. The number of imide groups is 1. The van der Waals surface area contributed by atoms with Crippen molar-refractivity contribution < 1.29 is 28.7 Å². The number of halogens is 1. The van der Waals surface area contributed by atoms with Crippen molar-refractivity contribution in [2.45, 2.75) is 19.4 Å². The molecular formula is C21H21ClN2O6. The van der Waals surface area contributed by atoms with Crippen molar-refractivity contribution >= 4 is 41.0 Å². The minimum absolute atomic E-state index is 0.0584. The Morgan fingerprint density at radius 3 is 2.43 bits per heavy atom. The second kappa shape index (κ2) is 7.75. The molecule has 0 unspecified atom stereocenters. The molecule has 4 rings (SSSR count). The Balaban J connectivity index is 1.35. The highest BCUT2D eigenvalue weighted by molar-refractivity contribution is 6.31. The third-order valence-corrected chi connectivity index (χ3v) is 6.25. The molecule has 2 aliphatic carbocycles. The molecule has 2 fully saturated rings. The highest BCUT2D eigenvalue weighted by Crippen LogP contribution is 2.52. The van der Waals surface area contributed by atoms with Gasteiger partial charge < -0.3 is 14.8 Å². The van der Waals surface area contributed by atoms with E-state index in [9.17, 15) is 19.2 Å². The number of methoxy groups -OCH3 is 1. The number of hydrogen-bond donors (Lipinski definition) is 1. The Morgan fingerprint density at radius 2 is 1.83 bits per heavy atom. The van der Waals surface area contributed by atoms with Gasteiger partial charge in [0.2, 0.25) is 11.8 Å². The number of likely N-dealkylation sites (tertiary alicyclic amines) is 1. The summed E-state index contributed by atoms with van der Waals surface area (Å²) < 4.78 is 10.2. The van der Waals surface area contributed by atoms with Crippen molar-refractivity contribution in [2.24, 2.45) is 23.7 Å². The lowest BCUT2D eigenvalue weighted by atomic mass is 9.85. The summed E-state index contributed by atoms with van der Waals surface area (Å²) in [5.41, 5.74) is 0.333. The van der Waals surface area contributed by atoms with E-state index in [2.05, 4.69) is 5.32 Å². The largest absolute Gasteiger partial charge is 0.495 e. The molecule has 5 atom stereocenters. The summed E-state index contributed by atoms with van der Waals surface area (Å²) >= 11 is 5.93. The zero-order valence-corrected chi connectivity index (χ0v) is 17.2. The number of benzene rings is 1. The van der Waals surface area contributed by atoms with Crippen LogP contribution in [0.4, 0.5) is 5.69 Å². The zero-order valence-electron chi connectivity index (χ0n) is 16.5. The number of esters is 1. The van der Waals surface area contributed by atoms with Crippen LogP contribution in [0.1, 0.15) is 13.3 Å². The molecule has 1 saturated heterocycles. The van der Waals surface area contributed by atoms with Crippen LogP contribution in [-0.4, -0.2) is 48.3 Å². The van der Waals surface area contributed by atoms with E-state index in [0.29, 0.717) is 16.5 Å². The molecule has 0 aromatic heterocycles. The number of hydrogen-bond acceptors (Lipinski definition) is 6. The van der Waals surface area contributed by atoms with Gasteiger partial charge in [0.25, 0.3) is 5.91 Å². The monoisotopic (exact) mass is 432 g/mol. The molecule has 2 bridgehead atoms. The summed E-state index contributed by atoms with van der Waals surface area (Å²) in [5, 5.41) is 2.95. The van der Waals surface area contributed by atoms with Gasteiger partial charge in [0.15, 0.2) is 6.61 Å². The minimum Gasteiger partial charge on any atom is -0.495 e. The van der Waals surface area contributed by atoms with E-state index < -0.39 is 24.5 Å². The predicted molar refractivity (Wildman–Crippen MR) is 107 cm³/mol. The van der Waals surface area contributed by atoms with E-state index in [1.54, 1.807) is 12.1 Å². The first-order valence-corrected chi connectivity index (χ1v) is 10.0. The smallest absolute Gasteiger partial charge is 0.329 e. The summed E-state index contributed by atoms with van der Waals surface area (Å²) in [7, 11) is 1.45. The molecule has 1 heterocycles. The lowest BCUT2D eigenvalue weighted by Gasteiger charge is -2.23. The average molecular weight is 433 g/mol. The topological polar surface area (TPSA) is 102 Å². The third-order valence-electron chi connectivity index (χ3n) is 6.01. The molecule has 3 amide bonds. The molecule has 0 radical (unpaired) electrons. The van der Waals surface area contributed by atoms with Crippen LogP contribution >= 0.6 is 11.6 Å². The molecule has 30 heavy (non-hydrogen) atoms. The van der Waals surface area contributed by atoms with Gasteiger partial charge in [0.05, 0.1) is 24.6 Å². The Hall–Kier alpha value is -2.87. The molecule has 3 aliphatic rings. The highest BCUT2D eigenvalue weighted by Gasteiger charge is 2.60. The van der Waals surface area contributed by atoms with Gasteiger partial charge in [0, 0.05) is 5.02 Å². The molecule has 0 spiro atoms. The summed E-state index contributed by atoms with van der Waals surface area (Å²) in [4.78, 5) is 51.2. The summed E-state index contributed by atoms with van der Waals surface area (Å²) in [6.07, 6.45) is 4.78. The van der Waals surface area contributed by atoms with E-state index in [1.807, 2.05) is 12.2 Å². The second-order valence-corrected chi connectivity index (χ2v) is 8.16. The fourth-order valence-electron chi connectivity index (χ4n) is 4.63. The number of amides is 3. The van der Waals surface area contributed by atoms with Gasteiger partial charge in [-0.25, -0.2) is 4.79 Å². The first-order valence-electron chi connectivity index (χ1n) is 9.67. The minimum atomic E-state index is -1.09. The average Bonchev–Trinajstić information content (AvgIpc) is 3.39. The normalized spacial score (nSPS) is 27.2. The number of ether oxygens (including phenoxy) is 2. The molecule has 1 N–H and O–H groups in total. The van der Waals surface area contributed by atoms with Crippen LogP contribution in [0.2, 0.25) is 5.02 Å². The SMILES string of the molecule is COc1ccc(Cl)cc1NC(=O)COC(=O)[C@H](C)N1C(=O)[C@@H]2[C@@H](C1=O)[C@H]1C=C[C@H]2C1. The first kappa shape index (κ1) is 20.4. The van der Waals surface area contributed by atoms with Gasteiger partial charge >= 0.3 is 5.97 Å².